The van der Waals surface area contributed by atoms with Gasteiger partial charge in [-0.25, -0.2) is 4.98 Å². The van der Waals surface area contributed by atoms with Crippen LogP contribution in [0.3, 0.4) is 0 Å². The molecule has 0 saturated carbocycles. The van der Waals surface area contributed by atoms with Gasteiger partial charge in [0.15, 0.2) is 0 Å². The molecular formula is C18H21N3. The van der Waals surface area contributed by atoms with Gasteiger partial charge in [0.1, 0.15) is 5.65 Å². The average Bonchev–Trinajstić information content (AvgIpc) is 2.77. The summed E-state index contributed by atoms with van der Waals surface area (Å²) in [4.78, 5) is 4.80. The molecule has 3 aromatic rings. The Morgan fingerprint density at radius 2 is 1.95 bits per heavy atom. The molecule has 0 aliphatic rings. The Kier molecular flexibility index (Phi) is 3.76. The summed E-state index contributed by atoms with van der Waals surface area (Å²) >= 11 is 0. The summed E-state index contributed by atoms with van der Waals surface area (Å²) in [5.74, 6) is 0. The van der Waals surface area contributed by atoms with E-state index in [0.29, 0.717) is 6.54 Å². The third-order valence-electron chi connectivity index (χ3n) is 3.78. The minimum atomic E-state index is 0.641. The van der Waals surface area contributed by atoms with Crippen molar-refractivity contribution in [3.63, 3.8) is 0 Å². The van der Waals surface area contributed by atoms with Crippen molar-refractivity contribution in [1.82, 2.24) is 9.38 Å². The van der Waals surface area contributed by atoms with Crippen molar-refractivity contribution in [3.05, 3.63) is 70.7 Å². The van der Waals surface area contributed by atoms with Gasteiger partial charge in [-0.15, -0.1) is 0 Å². The molecule has 0 saturated heterocycles. The molecule has 21 heavy (non-hydrogen) atoms. The molecule has 0 atom stereocenters. The van der Waals surface area contributed by atoms with Crippen LogP contribution in [-0.2, 0) is 12.8 Å². The molecule has 3 heteroatoms. The van der Waals surface area contributed by atoms with Gasteiger partial charge in [0.25, 0.3) is 0 Å². The smallest absolute Gasteiger partial charge is 0.137 e. The van der Waals surface area contributed by atoms with Gasteiger partial charge in [0, 0.05) is 24.7 Å². The van der Waals surface area contributed by atoms with E-state index in [1.807, 2.05) is 0 Å². The van der Waals surface area contributed by atoms with Gasteiger partial charge in [-0.1, -0.05) is 35.9 Å². The Labute approximate surface area is 125 Å². The molecule has 1 aromatic carbocycles. The molecule has 3 nitrogen and oxygen atoms in total. The van der Waals surface area contributed by atoms with Crippen molar-refractivity contribution in [3.8, 4) is 0 Å². The van der Waals surface area contributed by atoms with E-state index in [2.05, 4.69) is 60.8 Å². The lowest BCUT2D eigenvalue weighted by Gasteiger charge is -2.05. The lowest BCUT2D eigenvalue weighted by Crippen LogP contribution is -2.07. The van der Waals surface area contributed by atoms with Crippen molar-refractivity contribution in [2.45, 2.75) is 26.7 Å². The van der Waals surface area contributed by atoms with Crippen LogP contribution in [-0.4, -0.2) is 15.9 Å². The maximum Gasteiger partial charge on any atom is 0.137 e. The second-order valence-corrected chi connectivity index (χ2v) is 5.64. The topological polar surface area (TPSA) is 43.3 Å². The van der Waals surface area contributed by atoms with E-state index < -0.39 is 0 Å². The van der Waals surface area contributed by atoms with Crippen LogP contribution in [0.5, 0.6) is 0 Å². The zero-order valence-corrected chi connectivity index (χ0v) is 12.6. The van der Waals surface area contributed by atoms with Gasteiger partial charge in [-0.05, 0) is 37.6 Å². The standard InChI is InChI=1S/C18H21N3/c1-13-4-3-5-15(10-13)11-16-17(8-9-19)21-12-14(2)6-7-18(21)20-16/h3-7,10,12H,8-9,11,19H2,1-2H3. The second kappa shape index (κ2) is 5.70. The number of benzene rings is 1. The largest absolute Gasteiger partial charge is 0.330 e. The zero-order chi connectivity index (χ0) is 14.8. The number of fused-ring (bicyclic) bond motifs is 1. The summed E-state index contributed by atoms with van der Waals surface area (Å²) in [6.45, 7) is 4.87. The molecule has 3 rings (SSSR count). The highest BCUT2D eigenvalue weighted by molar-refractivity contribution is 5.46. The fourth-order valence-corrected chi connectivity index (χ4v) is 2.81. The predicted molar refractivity (Wildman–Crippen MR) is 86.7 cm³/mol. The van der Waals surface area contributed by atoms with Gasteiger partial charge in [-0.3, -0.25) is 0 Å². The van der Waals surface area contributed by atoms with Gasteiger partial charge in [0.2, 0.25) is 0 Å². The maximum atomic E-state index is 5.79. The minimum absolute atomic E-state index is 0.641. The second-order valence-electron chi connectivity index (χ2n) is 5.64. The average molecular weight is 279 g/mol. The van der Waals surface area contributed by atoms with E-state index in [4.69, 9.17) is 10.7 Å². The lowest BCUT2D eigenvalue weighted by molar-refractivity contribution is 0.880. The van der Waals surface area contributed by atoms with Crippen molar-refractivity contribution in [2.24, 2.45) is 5.73 Å². The third kappa shape index (κ3) is 2.83. The molecule has 0 radical (unpaired) electrons. The molecule has 2 N–H and O–H groups in total. The van der Waals surface area contributed by atoms with Crippen LogP contribution < -0.4 is 5.73 Å². The van der Waals surface area contributed by atoms with Crippen molar-refractivity contribution >= 4 is 5.65 Å². The molecular weight excluding hydrogens is 258 g/mol. The Morgan fingerprint density at radius 1 is 1.10 bits per heavy atom. The molecule has 2 heterocycles. The highest BCUT2D eigenvalue weighted by Crippen LogP contribution is 2.18. The molecule has 0 aliphatic heterocycles. The maximum absolute atomic E-state index is 5.79. The minimum Gasteiger partial charge on any atom is -0.330 e. The lowest BCUT2D eigenvalue weighted by atomic mass is 10.1. The SMILES string of the molecule is Cc1cccc(Cc2nc3ccc(C)cn3c2CCN)c1. The van der Waals surface area contributed by atoms with Gasteiger partial charge in [0.05, 0.1) is 5.69 Å². The van der Waals surface area contributed by atoms with Gasteiger partial charge < -0.3 is 10.1 Å². The number of rotatable bonds is 4. The first-order valence-electron chi connectivity index (χ1n) is 7.39. The monoisotopic (exact) mass is 279 g/mol. The molecule has 0 aliphatic carbocycles. The number of imidazole rings is 1. The molecule has 0 amide bonds. The first kappa shape index (κ1) is 13.8. The summed E-state index contributed by atoms with van der Waals surface area (Å²) in [6.07, 6.45) is 3.86. The van der Waals surface area contributed by atoms with Crippen LogP contribution in [0, 0.1) is 13.8 Å². The Bertz CT molecular complexity index is 771. The number of nitrogens with two attached hydrogens (primary N) is 1. The van der Waals surface area contributed by atoms with Crippen LogP contribution in [0.15, 0.2) is 42.6 Å². The fraction of sp³-hybridized carbons (Fsp3) is 0.278. The van der Waals surface area contributed by atoms with Crippen LogP contribution in [0.4, 0.5) is 0 Å². The molecule has 0 bridgehead atoms. The summed E-state index contributed by atoms with van der Waals surface area (Å²) in [7, 11) is 0. The first-order chi connectivity index (χ1) is 10.2. The zero-order valence-electron chi connectivity index (χ0n) is 12.6. The number of hydrogen-bond acceptors (Lipinski definition) is 2. The van der Waals surface area contributed by atoms with Crippen LogP contribution in [0.2, 0.25) is 0 Å². The quantitative estimate of drug-likeness (QED) is 0.797. The molecule has 108 valence electrons. The molecule has 2 aromatic heterocycles. The summed E-state index contributed by atoms with van der Waals surface area (Å²) in [5, 5.41) is 0. The molecule has 0 fully saturated rings. The Hall–Kier alpha value is -2.13. The van der Waals surface area contributed by atoms with E-state index in [0.717, 1.165) is 24.2 Å². The number of pyridine rings is 1. The highest BCUT2D eigenvalue weighted by atomic mass is 15.0. The summed E-state index contributed by atoms with van der Waals surface area (Å²) in [5.41, 5.74) is 13.0. The van der Waals surface area contributed by atoms with E-state index >= 15 is 0 Å². The molecule has 0 spiro atoms. The van der Waals surface area contributed by atoms with E-state index in [-0.39, 0.29) is 0 Å². The Balaban J connectivity index is 2.06. The number of aryl methyl sites for hydroxylation is 2. The van der Waals surface area contributed by atoms with Gasteiger partial charge >= 0.3 is 0 Å². The Morgan fingerprint density at radius 3 is 2.71 bits per heavy atom. The number of aromatic nitrogens is 2. The van der Waals surface area contributed by atoms with E-state index in [1.54, 1.807) is 0 Å². The highest BCUT2D eigenvalue weighted by Gasteiger charge is 2.12. The third-order valence-corrected chi connectivity index (χ3v) is 3.78. The van der Waals surface area contributed by atoms with Crippen molar-refractivity contribution in [2.75, 3.05) is 6.54 Å². The van der Waals surface area contributed by atoms with Crippen LogP contribution in [0.25, 0.3) is 5.65 Å². The predicted octanol–water partition coefficient (Wildman–Crippen LogP) is 3.04. The van der Waals surface area contributed by atoms with Crippen LogP contribution >= 0.6 is 0 Å². The number of hydrogen-bond donors (Lipinski definition) is 1. The molecule has 0 unspecified atom stereocenters. The van der Waals surface area contributed by atoms with E-state index in [9.17, 15) is 0 Å². The van der Waals surface area contributed by atoms with Crippen molar-refractivity contribution in [1.29, 1.82) is 0 Å². The van der Waals surface area contributed by atoms with Crippen LogP contribution in [0.1, 0.15) is 28.1 Å². The fourth-order valence-electron chi connectivity index (χ4n) is 2.81. The summed E-state index contributed by atoms with van der Waals surface area (Å²) < 4.78 is 2.19. The normalized spacial score (nSPS) is 11.2. The van der Waals surface area contributed by atoms with E-state index in [1.165, 1.54) is 22.4 Å². The van der Waals surface area contributed by atoms with Gasteiger partial charge in [-0.2, -0.15) is 0 Å². The first-order valence-corrected chi connectivity index (χ1v) is 7.39. The van der Waals surface area contributed by atoms with Crippen molar-refractivity contribution < 1.29 is 0 Å². The number of nitrogens with zero attached hydrogens (tertiary/aromatic N) is 2. The summed E-state index contributed by atoms with van der Waals surface area (Å²) in [6, 6.07) is 12.8.